The minimum atomic E-state index is -0.471. The maximum absolute atomic E-state index is 12.7. The van der Waals surface area contributed by atoms with Crippen LogP contribution in [-0.2, 0) is 20.9 Å². The van der Waals surface area contributed by atoms with E-state index < -0.39 is 11.8 Å². The molecular weight excluding hydrogens is 374 g/mol. The van der Waals surface area contributed by atoms with Gasteiger partial charge in [-0.1, -0.05) is 24.3 Å². The molecule has 0 spiro atoms. The molecule has 1 N–H and O–H groups in total. The normalized spacial score (nSPS) is 18.2. The number of rotatable bonds is 7. The van der Waals surface area contributed by atoms with Crippen molar-refractivity contribution >= 4 is 17.6 Å². The summed E-state index contributed by atoms with van der Waals surface area (Å²) >= 11 is 0. The van der Waals surface area contributed by atoms with E-state index in [0.717, 1.165) is 5.56 Å². The van der Waals surface area contributed by atoms with E-state index in [1.165, 1.54) is 7.11 Å². The lowest BCUT2D eigenvalue weighted by Gasteiger charge is -2.25. The summed E-state index contributed by atoms with van der Waals surface area (Å²) < 4.78 is 17.3. The molecule has 1 aliphatic rings. The van der Waals surface area contributed by atoms with Gasteiger partial charge in [0.15, 0.2) is 11.5 Å². The molecule has 0 radical (unpaired) electrons. The van der Waals surface area contributed by atoms with Gasteiger partial charge >= 0.3 is 5.97 Å². The van der Waals surface area contributed by atoms with E-state index in [9.17, 15) is 9.59 Å². The van der Waals surface area contributed by atoms with E-state index in [2.05, 4.69) is 10.4 Å². The van der Waals surface area contributed by atoms with Gasteiger partial charge in [-0.2, -0.15) is 5.10 Å². The molecule has 1 aromatic heterocycles. The number of nitrogens with one attached hydrogen (secondary N) is 1. The van der Waals surface area contributed by atoms with Crippen molar-refractivity contribution in [2.24, 2.45) is 11.8 Å². The summed E-state index contributed by atoms with van der Waals surface area (Å²) in [6, 6.07) is 5.64. The van der Waals surface area contributed by atoms with Crippen LogP contribution in [0, 0.1) is 11.8 Å². The highest BCUT2D eigenvalue weighted by atomic mass is 16.5. The number of benzene rings is 1. The maximum atomic E-state index is 12.7. The Bertz CT molecular complexity index is 905. The Hall–Kier alpha value is -3.29. The molecule has 8 heteroatoms. The average molecular weight is 399 g/mol. The summed E-state index contributed by atoms with van der Waals surface area (Å²) in [5.41, 5.74) is 1.46. The molecule has 8 nitrogen and oxygen atoms in total. The summed E-state index contributed by atoms with van der Waals surface area (Å²) in [7, 11) is 4.52. The number of carbonyl (C=O) groups excluding carboxylic acids is 2. The summed E-state index contributed by atoms with van der Waals surface area (Å²) in [5.74, 6) is -0.232. The number of hydrogen-bond acceptors (Lipinski definition) is 6. The van der Waals surface area contributed by atoms with E-state index in [-0.39, 0.29) is 11.9 Å². The van der Waals surface area contributed by atoms with Crippen LogP contribution in [0.4, 0.5) is 5.69 Å². The number of anilines is 1. The topological polar surface area (TPSA) is 91.7 Å². The second-order valence-corrected chi connectivity index (χ2v) is 6.75. The Morgan fingerprint density at radius 2 is 1.90 bits per heavy atom. The molecule has 0 saturated carbocycles. The SMILES string of the molecule is COC(=O)C1CC=CCC1C(=O)Nc1cnn(Cc2cccc(OC)c2OC)c1. The van der Waals surface area contributed by atoms with Crippen molar-refractivity contribution in [1.29, 1.82) is 0 Å². The van der Waals surface area contributed by atoms with E-state index >= 15 is 0 Å². The van der Waals surface area contributed by atoms with E-state index in [0.29, 0.717) is 36.6 Å². The summed E-state index contributed by atoms with van der Waals surface area (Å²) in [6.45, 7) is 0.452. The number of esters is 1. The lowest BCUT2D eigenvalue weighted by Crippen LogP contribution is -2.35. The number of carbonyl (C=O) groups is 2. The lowest BCUT2D eigenvalue weighted by molar-refractivity contribution is -0.149. The molecular formula is C21H25N3O5. The molecule has 2 aromatic rings. The van der Waals surface area contributed by atoms with Gasteiger partial charge in [-0.25, -0.2) is 0 Å². The van der Waals surface area contributed by atoms with Crippen molar-refractivity contribution in [2.45, 2.75) is 19.4 Å². The predicted octanol–water partition coefficient (Wildman–Crippen LogP) is 2.64. The van der Waals surface area contributed by atoms with Crippen LogP contribution in [0.5, 0.6) is 11.5 Å². The third-order valence-electron chi connectivity index (χ3n) is 4.99. The van der Waals surface area contributed by atoms with Crippen molar-refractivity contribution in [3.05, 3.63) is 48.3 Å². The van der Waals surface area contributed by atoms with Gasteiger partial charge in [0.25, 0.3) is 0 Å². The molecule has 1 heterocycles. The number of aromatic nitrogens is 2. The largest absolute Gasteiger partial charge is 0.493 e. The Balaban J connectivity index is 1.70. The first kappa shape index (κ1) is 20.4. The highest BCUT2D eigenvalue weighted by Gasteiger charge is 2.34. The summed E-state index contributed by atoms with van der Waals surface area (Å²) in [4.78, 5) is 24.7. The Morgan fingerprint density at radius 3 is 2.59 bits per heavy atom. The van der Waals surface area contributed by atoms with Crippen LogP contribution in [-0.4, -0.2) is 43.0 Å². The third-order valence-corrected chi connectivity index (χ3v) is 4.99. The van der Waals surface area contributed by atoms with Gasteiger partial charge in [0.1, 0.15) is 0 Å². The Labute approximate surface area is 169 Å². The molecule has 1 aromatic carbocycles. The average Bonchev–Trinajstić information content (AvgIpc) is 3.19. The van der Waals surface area contributed by atoms with Crippen molar-refractivity contribution in [3.8, 4) is 11.5 Å². The quantitative estimate of drug-likeness (QED) is 0.568. The molecule has 3 rings (SSSR count). The van der Waals surface area contributed by atoms with Gasteiger partial charge in [0.05, 0.1) is 51.6 Å². The van der Waals surface area contributed by atoms with Crippen molar-refractivity contribution in [3.63, 3.8) is 0 Å². The number of hydrogen-bond donors (Lipinski definition) is 1. The second-order valence-electron chi connectivity index (χ2n) is 6.75. The Kier molecular flexibility index (Phi) is 6.54. The zero-order chi connectivity index (χ0) is 20.8. The third kappa shape index (κ3) is 4.59. The van der Waals surface area contributed by atoms with Crippen LogP contribution in [0.15, 0.2) is 42.7 Å². The maximum Gasteiger partial charge on any atom is 0.309 e. The van der Waals surface area contributed by atoms with Gasteiger partial charge in [0.2, 0.25) is 5.91 Å². The number of allylic oxidation sites excluding steroid dienone is 2. The molecule has 0 saturated heterocycles. The summed E-state index contributed by atoms with van der Waals surface area (Å²) in [6.07, 6.45) is 8.15. The van der Waals surface area contributed by atoms with Crippen LogP contribution in [0.3, 0.4) is 0 Å². The minimum absolute atomic E-state index is 0.219. The van der Waals surface area contributed by atoms with Crippen LogP contribution >= 0.6 is 0 Å². The van der Waals surface area contributed by atoms with Crippen LogP contribution in [0.1, 0.15) is 18.4 Å². The number of amides is 1. The van der Waals surface area contributed by atoms with E-state index in [1.807, 2.05) is 30.4 Å². The molecule has 0 bridgehead atoms. The molecule has 29 heavy (non-hydrogen) atoms. The first-order valence-electron chi connectivity index (χ1n) is 9.33. The zero-order valence-corrected chi connectivity index (χ0v) is 16.8. The van der Waals surface area contributed by atoms with E-state index in [4.69, 9.17) is 14.2 Å². The van der Waals surface area contributed by atoms with Crippen molar-refractivity contribution in [1.82, 2.24) is 9.78 Å². The standard InChI is InChI=1S/C21H25N3O5/c1-27-18-10-6-7-14(19(18)28-2)12-24-13-15(11-22-24)23-20(25)16-8-4-5-9-17(16)21(26)29-3/h4-7,10-11,13,16-17H,8-9,12H2,1-3H3,(H,23,25). The highest BCUT2D eigenvalue weighted by molar-refractivity contribution is 5.95. The fraction of sp³-hybridized carbons (Fsp3) is 0.381. The molecule has 1 amide bonds. The summed E-state index contributed by atoms with van der Waals surface area (Å²) in [5, 5.41) is 7.17. The van der Waals surface area contributed by atoms with Crippen LogP contribution < -0.4 is 14.8 Å². The first-order chi connectivity index (χ1) is 14.1. The second kappa shape index (κ2) is 9.27. The molecule has 0 fully saturated rings. The molecule has 2 atom stereocenters. The van der Waals surface area contributed by atoms with Gasteiger partial charge in [0, 0.05) is 11.8 Å². The van der Waals surface area contributed by atoms with Crippen molar-refractivity contribution < 1.29 is 23.8 Å². The molecule has 2 unspecified atom stereocenters. The zero-order valence-electron chi connectivity index (χ0n) is 16.8. The lowest BCUT2D eigenvalue weighted by atomic mass is 9.82. The number of ether oxygens (including phenoxy) is 3. The van der Waals surface area contributed by atoms with Crippen molar-refractivity contribution in [2.75, 3.05) is 26.6 Å². The Morgan fingerprint density at radius 1 is 1.14 bits per heavy atom. The number of methoxy groups -OCH3 is 3. The predicted molar refractivity (Wildman–Crippen MR) is 107 cm³/mol. The fourth-order valence-electron chi connectivity index (χ4n) is 3.52. The fourth-order valence-corrected chi connectivity index (χ4v) is 3.52. The van der Waals surface area contributed by atoms with E-state index in [1.54, 1.807) is 31.3 Å². The van der Waals surface area contributed by atoms with Crippen LogP contribution in [0.2, 0.25) is 0 Å². The number of para-hydroxylation sites is 1. The number of nitrogens with zero attached hydrogens (tertiary/aromatic N) is 2. The first-order valence-corrected chi connectivity index (χ1v) is 9.33. The molecule has 154 valence electrons. The van der Waals surface area contributed by atoms with Gasteiger partial charge < -0.3 is 19.5 Å². The molecule has 1 aliphatic carbocycles. The van der Waals surface area contributed by atoms with Crippen LogP contribution in [0.25, 0.3) is 0 Å². The molecule has 0 aliphatic heterocycles. The smallest absolute Gasteiger partial charge is 0.309 e. The minimum Gasteiger partial charge on any atom is -0.493 e. The van der Waals surface area contributed by atoms with Gasteiger partial charge in [-0.05, 0) is 18.9 Å². The van der Waals surface area contributed by atoms with Gasteiger partial charge in [-0.3, -0.25) is 14.3 Å². The monoisotopic (exact) mass is 399 g/mol. The van der Waals surface area contributed by atoms with Gasteiger partial charge in [-0.15, -0.1) is 0 Å². The highest BCUT2D eigenvalue weighted by Crippen LogP contribution is 2.31.